The number of ketones is 1. The summed E-state index contributed by atoms with van der Waals surface area (Å²) in [6.07, 6.45) is 56.3. The summed E-state index contributed by atoms with van der Waals surface area (Å²) < 4.78 is 32.9. The van der Waals surface area contributed by atoms with Crippen molar-refractivity contribution in [3.8, 4) is 0 Å². The number of carbonyl (C=O) groups excluding carboxylic acids is 3. The molecule has 0 aliphatic heterocycles. The Labute approximate surface area is 362 Å². The van der Waals surface area contributed by atoms with Crippen LogP contribution in [0.15, 0.2) is 122 Å². The van der Waals surface area contributed by atoms with Gasteiger partial charge in [-0.2, -0.15) is 0 Å². The van der Waals surface area contributed by atoms with Gasteiger partial charge in [0.15, 0.2) is 6.10 Å². The average Bonchev–Trinajstić information content (AvgIpc) is 3.22. The number of nitrogens with two attached hydrogens (primary N) is 1. The molecule has 0 saturated heterocycles. The molecule has 0 amide bonds. The standard InChI is InChI=1S/C49H76NO9P/c1-4-6-8-10-12-14-16-18-20-22-23-25-27-29-31-33-35-37-39-41-49(53)59-46(43-57-60(54,55)58-44-47(50)45(3)51)42-56-48(52)40-38-36-34-32-30-28-26-24-21-19-17-15-13-11-9-7-5-2/h6,8,12,14-15,17-18,20-21,23-25,28-31,34-37,46-47H,4-5,7,9-11,13,16,19,22,26-27,32-33,38-44,50H2,1-3H3,(H,54,55)/b8-6-,14-12-,17-15-,20-18-,24-21-,25-23-,30-28-,31-29-,36-34-,37-35-. The van der Waals surface area contributed by atoms with E-state index in [2.05, 4.69) is 111 Å². The van der Waals surface area contributed by atoms with Crippen molar-refractivity contribution in [2.75, 3.05) is 19.8 Å². The molecule has 3 N–H and O–H groups in total. The van der Waals surface area contributed by atoms with E-state index >= 15 is 0 Å². The summed E-state index contributed by atoms with van der Waals surface area (Å²) in [7, 11) is -4.65. The van der Waals surface area contributed by atoms with Gasteiger partial charge in [-0.15, -0.1) is 0 Å². The molecule has 0 radical (unpaired) electrons. The molecule has 3 unspecified atom stereocenters. The van der Waals surface area contributed by atoms with Crippen LogP contribution in [0.25, 0.3) is 0 Å². The van der Waals surface area contributed by atoms with Gasteiger partial charge in [0, 0.05) is 12.8 Å². The highest BCUT2D eigenvalue weighted by molar-refractivity contribution is 7.47. The number of phosphoric acid groups is 1. The highest BCUT2D eigenvalue weighted by Crippen LogP contribution is 2.43. The summed E-state index contributed by atoms with van der Waals surface area (Å²) in [6, 6.07) is -1.10. The number of allylic oxidation sites excluding steroid dienone is 20. The SMILES string of the molecule is CC/C=C\C/C=C\C/C=C\C/C=C\C/C=C\C/C=C\CCC(=O)OC(COC(=O)CC/C=C\C/C=C\C/C=C\C/C=C\CCCCCC)COP(=O)(O)OCC(N)C(C)=O. The van der Waals surface area contributed by atoms with Crippen LogP contribution in [0.5, 0.6) is 0 Å². The average molecular weight is 854 g/mol. The molecule has 0 spiro atoms. The van der Waals surface area contributed by atoms with Crippen LogP contribution in [0.3, 0.4) is 0 Å². The smallest absolute Gasteiger partial charge is 0.462 e. The number of rotatable bonds is 38. The van der Waals surface area contributed by atoms with Gasteiger partial charge in [-0.25, -0.2) is 4.57 Å². The first-order chi connectivity index (χ1) is 29.1. The first-order valence-electron chi connectivity index (χ1n) is 21.8. The van der Waals surface area contributed by atoms with Crippen LogP contribution in [0.4, 0.5) is 0 Å². The fourth-order valence-corrected chi connectivity index (χ4v) is 5.68. The van der Waals surface area contributed by atoms with Crippen molar-refractivity contribution in [2.45, 2.75) is 148 Å². The maximum Gasteiger partial charge on any atom is 0.472 e. The number of phosphoric ester groups is 1. The van der Waals surface area contributed by atoms with Crippen molar-refractivity contribution in [3.05, 3.63) is 122 Å². The quantitative estimate of drug-likeness (QED) is 0.0266. The molecule has 0 aromatic carbocycles. The van der Waals surface area contributed by atoms with Crippen molar-refractivity contribution in [2.24, 2.45) is 5.73 Å². The summed E-state index contributed by atoms with van der Waals surface area (Å²) in [6.45, 7) is 4.08. The van der Waals surface area contributed by atoms with Crippen LogP contribution in [-0.2, 0) is 37.5 Å². The Kier molecular flexibility index (Phi) is 39.1. The molecule has 0 heterocycles. The van der Waals surface area contributed by atoms with Crippen molar-refractivity contribution < 1.29 is 42.4 Å². The van der Waals surface area contributed by atoms with Crippen LogP contribution in [-0.4, -0.2) is 54.6 Å². The first kappa shape index (κ1) is 56.1. The molecule has 0 aliphatic rings. The Morgan fingerprint density at radius 1 is 0.533 bits per heavy atom. The lowest BCUT2D eigenvalue weighted by atomic mass is 10.1. The van der Waals surface area contributed by atoms with Crippen LogP contribution >= 0.6 is 7.82 Å². The molecular weight excluding hydrogens is 778 g/mol. The van der Waals surface area contributed by atoms with Crippen LogP contribution in [0.1, 0.15) is 136 Å². The van der Waals surface area contributed by atoms with Crippen molar-refractivity contribution >= 4 is 25.5 Å². The molecule has 0 aromatic heterocycles. The van der Waals surface area contributed by atoms with E-state index in [1.807, 2.05) is 24.3 Å². The third-order valence-corrected chi connectivity index (χ3v) is 9.38. The summed E-state index contributed by atoms with van der Waals surface area (Å²) in [4.78, 5) is 46.5. The molecule has 11 heteroatoms. The van der Waals surface area contributed by atoms with Gasteiger partial charge in [0.2, 0.25) is 0 Å². The number of esters is 2. The topological polar surface area (TPSA) is 151 Å². The second-order valence-electron chi connectivity index (χ2n) is 14.0. The van der Waals surface area contributed by atoms with Gasteiger partial charge in [-0.3, -0.25) is 23.4 Å². The fourth-order valence-electron chi connectivity index (χ4n) is 4.91. The van der Waals surface area contributed by atoms with E-state index in [9.17, 15) is 23.8 Å². The minimum absolute atomic E-state index is 0.0412. The molecular formula is C49H76NO9P. The Morgan fingerprint density at radius 2 is 0.933 bits per heavy atom. The Morgan fingerprint density at radius 3 is 1.37 bits per heavy atom. The van der Waals surface area contributed by atoms with E-state index in [1.165, 1.54) is 32.6 Å². The maximum atomic E-state index is 12.6. The third-order valence-electron chi connectivity index (χ3n) is 8.43. The largest absolute Gasteiger partial charge is 0.472 e. The van der Waals surface area contributed by atoms with E-state index in [1.54, 1.807) is 0 Å². The first-order valence-corrected chi connectivity index (χ1v) is 23.3. The zero-order valence-electron chi connectivity index (χ0n) is 36.8. The van der Waals surface area contributed by atoms with Gasteiger partial charge in [0.1, 0.15) is 12.4 Å². The van der Waals surface area contributed by atoms with E-state index < -0.39 is 50.9 Å². The fraction of sp³-hybridized carbons (Fsp3) is 0.531. The van der Waals surface area contributed by atoms with Gasteiger partial charge in [-0.05, 0) is 90.4 Å². The molecule has 0 bridgehead atoms. The predicted molar refractivity (Wildman–Crippen MR) is 247 cm³/mol. The lowest BCUT2D eigenvalue weighted by Gasteiger charge is -2.20. The van der Waals surface area contributed by atoms with Gasteiger partial charge in [0.25, 0.3) is 0 Å². The van der Waals surface area contributed by atoms with E-state index in [0.717, 1.165) is 64.2 Å². The van der Waals surface area contributed by atoms with Gasteiger partial charge < -0.3 is 20.1 Å². The Bertz CT molecular complexity index is 1470. The summed E-state index contributed by atoms with van der Waals surface area (Å²) >= 11 is 0. The van der Waals surface area contributed by atoms with E-state index in [-0.39, 0.29) is 19.4 Å². The van der Waals surface area contributed by atoms with Crippen molar-refractivity contribution in [1.29, 1.82) is 0 Å². The summed E-state index contributed by atoms with van der Waals surface area (Å²) in [5, 5.41) is 0. The lowest BCUT2D eigenvalue weighted by molar-refractivity contribution is -0.161. The van der Waals surface area contributed by atoms with Crippen LogP contribution in [0, 0.1) is 0 Å². The minimum atomic E-state index is -4.65. The van der Waals surface area contributed by atoms with Gasteiger partial charge in [0.05, 0.1) is 19.3 Å². The van der Waals surface area contributed by atoms with E-state index in [4.69, 9.17) is 24.3 Å². The number of unbranched alkanes of at least 4 members (excludes halogenated alkanes) is 4. The molecule has 3 atom stereocenters. The molecule has 0 fully saturated rings. The van der Waals surface area contributed by atoms with Crippen molar-refractivity contribution in [1.82, 2.24) is 0 Å². The van der Waals surface area contributed by atoms with E-state index in [0.29, 0.717) is 12.8 Å². The zero-order chi connectivity index (χ0) is 44.2. The number of hydrogen-bond donors (Lipinski definition) is 2. The minimum Gasteiger partial charge on any atom is -0.462 e. The molecule has 0 saturated carbocycles. The number of ether oxygens (including phenoxy) is 2. The molecule has 0 rings (SSSR count). The normalized spacial score (nSPS) is 14.9. The lowest BCUT2D eigenvalue weighted by Crippen LogP contribution is -2.33. The van der Waals surface area contributed by atoms with Crippen molar-refractivity contribution in [3.63, 3.8) is 0 Å². The Hall–Kier alpha value is -3.92. The predicted octanol–water partition coefficient (Wildman–Crippen LogP) is 12.1. The maximum absolute atomic E-state index is 12.6. The molecule has 60 heavy (non-hydrogen) atoms. The molecule has 0 aliphatic carbocycles. The summed E-state index contributed by atoms with van der Waals surface area (Å²) in [5.74, 6) is -1.55. The van der Waals surface area contributed by atoms with Crippen LogP contribution in [0.2, 0.25) is 0 Å². The number of carbonyl (C=O) groups is 3. The Balaban J connectivity index is 4.64. The van der Waals surface area contributed by atoms with Gasteiger partial charge in [-0.1, -0.05) is 155 Å². The highest BCUT2D eigenvalue weighted by atomic mass is 31.2. The molecule has 336 valence electrons. The summed E-state index contributed by atoms with van der Waals surface area (Å²) in [5.41, 5.74) is 5.57. The van der Waals surface area contributed by atoms with Crippen LogP contribution < -0.4 is 5.73 Å². The third kappa shape index (κ3) is 40.8. The number of hydrogen-bond acceptors (Lipinski definition) is 9. The van der Waals surface area contributed by atoms with Gasteiger partial charge >= 0.3 is 19.8 Å². The number of Topliss-reactive ketones (excluding diaryl/α,β-unsaturated/α-hetero) is 1. The second kappa shape index (κ2) is 41.8. The molecule has 10 nitrogen and oxygen atoms in total. The molecule has 0 aromatic rings. The highest BCUT2D eigenvalue weighted by Gasteiger charge is 2.27. The zero-order valence-corrected chi connectivity index (χ0v) is 37.7. The second-order valence-corrected chi connectivity index (χ2v) is 15.5. The monoisotopic (exact) mass is 854 g/mol.